The molecule has 34 heavy (non-hydrogen) atoms. The summed E-state index contributed by atoms with van der Waals surface area (Å²) < 4.78 is 10.6. The van der Waals surface area contributed by atoms with Gasteiger partial charge >= 0.3 is 0 Å². The summed E-state index contributed by atoms with van der Waals surface area (Å²) in [6.45, 7) is 4.18. The Bertz CT molecular complexity index is 1250. The van der Waals surface area contributed by atoms with E-state index in [0.29, 0.717) is 28.7 Å². The summed E-state index contributed by atoms with van der Waals surface area (Å²) in [7, 11) is 3.01. The van der Waals surface area contributed by atoms with Gasteiger partial charge in [0.25, 0.3) is 11.7 Å². The molecule has 1 fully saturated rings. The Morgan fingerprint density at radius 3 is 2.12 bits per heavy atom. The van der Waals surface area contributed by atoms with Crippen molar-refractivity contribution in [3.05, 3.63) is 95.1 Å². The molecule has 1 unspecified atom stereocenters. The van der Waals surface area contributed by atoms with E-state index in [1.54, 1.807) is 18.2 Å². The van der Waals surface area contributed by atoms with Crippen LogP contribution in [0.3, 0.4) is 0 Å². The van der Waals surface area contributed by atoms with Gasteiger partial charge in [-0.05, 0) is 47.4 Å². The van der Waals surface area contributed by atoms with Crippen LogP contribution in [0.4, 0.5) is 5.69 Å². The molecular weight excluding hydrogens is 430 g/mol. The van der Waals surface area contributed by atoms with Crippen molar-refractivity contribution in [2.45, 2.75) is 25.8 Å². The van der Waals surface area contributed by atoms with E-state index < -0.39 is 17.7 Å². The van der Waals surface area contributed by atoms with Gasteiger partial charge in [-0.2, -0.15) is 0 Å². The molecule has 1 amide bonds. The first-order valence-electron chi connectivity index (χ1n) is 11.1. The Kier molecular flexibility index (Phi) is 6.41. The molecule has 0 bridgehead atoms. The molecule has 0 spiro atoms. The number of Topliss-reactive ketones (excluding diaryl/α,β-unsaturated/α-hetero) is 1. The van der Waals surface area contributed by atoms with E-state index in [4.69, 9.17) is 9.47 Å². The van der Waals surface area contributed by atoms with Gasteiger partial charge in [0, 0.05) is 11.3 Å². The Labute approximate surface area is 199 Å². The fourth-order valence-electron chi connectivity index (χ4n) is 4.21. The zero-order valence-corrected chi connectivity index (χ0v) is 19.6. The maximum absolute atomic E-state index is 13.3. The zero-order valence-electron chi connectivity index (χ0n) is 19.6. The lowest BCUT2D eigenvalue weighted by molar-refractivity contribution is -0.132. The molecule has 6 nitrogen and oxygen atoms in total. The number of methoxy groups -OCH3 is 2. The van der Waals surface area contributed by atoms with Gasteiger partial charge < -0.3 is 14.6 Å². The summed E-state index contributed by atoms with van der Waals surface area (Å²) in [6, 6.07) is 20.9. The van der Waals surface area contributed by atoms with Gasteiger partial charge in [0.15, 0.2) is 11.5 Å². The molecule has 0 aromatic heterocycles. The Morgan fingerprint density at radius 1 is 0.882 bits per heavy atom. The summed E-state index contributed by atoms with van der Waals surface area (Å²) in [5.41, 5.74) is 2.81. The van der Waals surface area contributed by atoms with Gasteiger partial charge in [-0.15, -0.1) is 0 Å². The third kappa shape index (κ3) is 4.03. The van der Waals surface area contributed by atoms with Crippen LogP contribution in [0.1, 0.15) is 42.5 Å². The number of hydrogen-bond acceptors (Lipinski definition) is 5. The first kappa shape index (κ1) is 23.1. The number of benzene rings is 3. The summed E-state index contributed by atoms with van der Waals surface area (Å²) in [6.07, 6.45) is 0. The lowest BCUT2D eigenvalue weighted by Gasteiger charge is -2.26. The minimum atomic E-state index is -0.779. The van der Waals surface area contributed by atoms with Crippen molar-refractivity contribution in [1.82, 2.24) is 0 Å². The van der Waals surface area contributed by atoms with E-state index in [1.165, 1.54) is 19.1 Å². The number of rotatable bonds is 6. The van der Waals surface area contributed by atoms with E-state index in [-0.39, 0.29) is 11.3 Å². The third-order valence-electron chi connectivity index (χ3n) is 6.05. The lowest BCUT2D eigenvalue weighted by atomic mass is 9.95. The lowest BCUT2D eigenvalue weighted by Crippen LogP contribution is -2.29. The van der Waals surface area contributed by atoms with Crippen molar-refractivity contribution in [2.75, 3.05) is 19.1 Å². The predicted molar refractivity (Wildman–Crippen MR) is 131 cm³/mol. The molecule has 3 aromatic carbocycles. The fourth-order valence-corrected chi connectivity index (χ4v) is 4.21. The van der Waals surface area contributed by atoms with Crippen molar-refractivity contribution in [3.63, 3.8) is 0 Å². The molecule has 1 atom stereocenters. The second-order valence-electron chi connectivity index (χ2n) is 8.40. The van der Waals surface area contributed by atoms with Crippen molar-refractivity contribution in [1.29, 1.82) is 0 Å². The van der Waals surface area contributed by atoms with Gasteiger partial charge in [0.2, 0.25) is 0 Å². The molecule has 1 aliphatic rings. The highest BCUT2D eigenvalue weighted by Crippen LogP contribution is 2.43. The molecule has 0 radical (unpaired) electrons. The van der Waals surface area contributed by atoms with Crippen LogP contribution in [0.2, 0.25) is 0 Å². The number of ketones is 1. The normalized spacial score (nSPS) is 17.3. The van der Waals surface area contributed by atoms with E-state index in [9.17, 15) is 14.7 Å². The van der Waals surface area contributed by atoms with E-state index in [2.05, 4.69) is 13.8 Å². The largest absolute Gasteiger partial charge is 0.507 e. The second-order valence-corrected chi connectivity index (χ2v) is 8.40. The average molecular weight is 458 g/mol. The number of amides is 1. The van der Waals surface area contributed by atoms with Crippen LogP contribution < -0.4 is 14.4 Å². The molecule has 3 aromatic rings. The van der Waals surface area contributed by atoms with Crippen molar-refractivity contribution in [2.24, 2.45) is 0 Å². The summed E-state index contributed by atoms with van der Waals surface area (Å²) in [5, 5.41) is 11.3. The highest BCUT2D eigenvalue weighted by Gasteiger charge is 2.47. The molecule has 0 aliphatic carbocycles. The van der Waals surface area contributed by atoms with Crippen LogP contribution in [0.15, 0.2) is 78.4 Å². The number of aliphatic hydroxyl groups is 1. The fraction of sp³-hybridized carbons (Fsp3) is 0.214. The maximum atomic E-state index is 13.3. The summed E-state index contributed by atoms with van der Waals surface area (Å²) in [5.74, 6) is -0.471. The second kappa shape index (κ2) is 9.43. The third-order valence-corrected chi connectivity index (χ3v) is 6.05. The van der Waals surface area contributed by atoms with Crippen LogP contribution in [0, 0.1) is 0 Å². The molecule has 4 rings (SSSR count). The van der Waals surface area contributed by atoms with E-state index in [1.807, 2.05) is 54.6 Å². The molecule has 1 aliphatic heterocycles. The van der Waals surface area contributed by atoms with Gasteiger partial charge in [-0.3, -0.25) is 14.5 Å². The van der Waals surface area contributed by atoms with Crippen molar-refractivity contribution < 1.29 is 24.2 Å². The van der Waals surface area contributed by atoms with Crippen LogP contribution >= 0.6 is 0 Å². The van der Waals surface area contributed by atoms with Crippen LogP contribution in [0.5, 0.6) is 11.5 Å². The minimum Gasteiger partial charge on any atom is -0.507 e. The smallest absolute Gasteiger partial charge is 0.300 e. The van der Waals surface area contributed by atoms with Crippen LogP contribution in [0.25, 0.3) is 5.76 Å². The maximum Gasteiger partial charge on any atom is 0.300 e. The quantitative estimate of drug-likeness (QED) is 0.302. The van der Waals surface area contributed by atoms with Crippen LogP contribution in [-0.4, -0.2) is 31.0 Å². The molecule has 174 valence electrons. The van der Waals surface area contributed by atoms with Gasteiger partial charge in [-0.1, -0.05) is 56.3 Å². The number of nitrogens with zero attached hydrogens (tertiary/aromatic N) is 1. The average Bonchev–Trinajstić information content (AvgIpc) is 3.13. The first-order valence-corrected chi connectivity index (χ1v) is 11.1. The van der Waals surface area contributed by atoms with Gasteiger partial charge in [0.05, 0.1) is 25.8 Å². The van der Waals surface area contributed by atoms with E-state index >= 15 is 0 Å². The first-order chi connectivity index (χ1) is 16.4. The number of carbonyl (C=O) groups is 2. The number of hydrogen-bond donors (Lipinski definition) is 1. The molecule has 0 saturated carbocycles. The summed E-state index contributed by atoms with van der Waals surface area (Å²) in [4.78, 5) is 28.0. The molecule has 1 saturated heterocycles. The number of aliphatic hydroxyl groups excluding tert-OH is 1. The number of carbonyl (C=O) groups excluding carboxylic acids is 2. The van der Waals surface area contributed by atoms with Crippen molar-refractivity contribution >= 4 is 23.1 Å². The van der Waals surface area contributed by atoms with Crippen LogP contribution in [-0.2, 0) is 9.59 Å². The van der Waals surface area contributed by atoms with Crippen molar-refractivity contribution in [3.8, 4) is 11.5 Å². The molecule has 1 N–H and O–H groups in total. The Balaban J connectivity index is 1.89. The summed E-state index contributed by atoms with van der Waals surface area (Å²) >= 11 is 0. The molecule has 1 heterocycles. The zero-order chi connectivity index (χ0) is 24.4. The molecular formula is C28H27NO5. The van der Waals surface area contributed by atoms with Gasteiger partial charge in [-0.25, -0.2) is 0 Å². The molecule has 6 heteroatoms. The number of ether oxygens (including phenoxy) is 2. The highest BCUT2D eigenvalue weighted by molar-refractivity contribution is 6.51. The SMILES string of the molecule is COc1ccc(/C(O)=C2/C(=O)C(=O)N(c3ccc(C(C)C)cc3)C2c2ccccc2)cc1OC. The number of anilines is 1. The Morgan fingerprint density at radius 2 is 1.53 bits per heavy atom. The predicted octanol–water partition coefficient (Wildman–Crippen LogP) is 5.45. The standard InChI is InChI=1S/C28H27NO5/c1-17(2)18-10-13-21(14-11-18)29-25(19-8-6-5-7-9-19)24(27(31)28(29)32)26(30)20-12-15-22(33-3)23(16-20)34-4/h5-17,25,30H,1-4H3/b26-24-. The monoisotopic (exact) mass is 457 g/mol. The Hall–Kier alpha value is -4.06. The van der Waals surface area contributed by atoms with Gasteiger partial charge in [0.1, 0.15) is 5.76 Å². The van der Waals surface area contributed by atoms with E-state index in [0.717, 1.165) is 11.1 Å². The minimum absolute atomic E-state index is 0.0244. The highest BCUT2D eigenvalue weighted by atomic mass is 16.5. The topological polar surface area (TPSA) is 76.1 Å².